The van der Waals surface area contributed by atoms with Crippen LogP contribution < -0.4 is 5.32 Å². The molecule has 17 heavy (non-hydrogen) atoms. The van der Waals surface area contributed by atoms with E-state index in [4.69, 9.17) is 0 Å². The fraction of sp³-hybridized carbons (Fsp3) is 0.333. The van der Waals surface area contributed by atoms with Crippen LogP contribution in [0.5, 0.6) is 0 Å². The fourth-order valence-electron chi connectivity index (χ4n) is 1.83. The molecule has 0 bridgehead atoms. The van der Waals surface area contributed by atoms with E-state index < -0.39 is 0 Å². The lowest BCUT2D eigenvalue weighted by Gasteiger charge is -2.17. The van der Waals surface area contributed by atoms with Gasteiger partial charge in [0.05, 0.1) is 5.69 Å². The summed E-state index contributed by atoms with van der Waals surface area (Å²) in [5.74, 6) is 0. The fourth-order valence-corrected chi connectivity index (χ4v) is 2.18. The van der Waals surface area contributed by atoms with Crippen LogP contribution in [0.4, 0.5) is 0 Å². The van der Waals surface area contributed by atoms with Gasteiger partial charge in [-0.25, -0.2) is 9.67 Å². The average Bonchev–Trinajstić information content (AvgIpc) is 2.82. The van der Waals surface area contributed by atoms with Crippen LogP contribution in [0.2, 0.25) is 0 Å². The Morgan fingerprint density at radius 3 is 2.94 bits per heavy atom. The maximum Gasteiger partial charge on any atom is 0.138 e. The molecule has 4 nitrogen and oxygen atoms in total. The number of rotatable bonds is 4. The maximum absolute atomic E-state index is 4.19. The highest BCUT2D eigenvalue weighted by molar-refractivity contribution is 9.10. The monoisotopic (exact) mass is 294 g/mol. The van der Waals surface area contributed by atoms with Crippen LogP contribution in [-0.4, -0.2) is 21.3 Å². The first kappa shape index (κ1) is 12.3. The van der Waals surface area contributed by atoms with Crippen molar-refractivity contribution in [2.24, 2.45) is 0 Å². The van der Waals surface area contributed by atoms with Crippen LogP contribution in [0.3, 0.4) is 0 Å². The van der Waals surface area contributed by atoms with E-state index in [9.17, 15) is 0 Å². The molecule has 0 fully saturated rings. The van der Waals surface area contributed by atoms with Crippen LogP contribution in [0.15, 0.2) is 35.3 Å². The van der Waals surface area contributed by atoms with Gasteiger partial charge >= 0.3 is 0 Å². The van der Waals surface area contributed by atoms with E-state index in [1.165, 1.54) is 5.56 Å². The van der Waals surface area contributed by atoms with Crippen LogP contribution in [0.1, 0.15) is 25.5 Å². The van der Waals surface area contributed by atoms with Gasteiger partial charge in [-0.1, -0.05) is 28.9 Å². The van der Waals surface area contributed by atoms with Crippen molar-refractivity contribution in [3.05, 3.63) is 40.9 Å². The molecule has 0 saturated heterocycles. The molecule has 0 aliphatic rings. The van der Waals surface area contributed by atoms with Gasteiger partial charge in [0, 0.05) is 10.5 Å². The predicted molar refractivity (Wildman–Crippen MR) is 71.2 cm³/mol. The standard InChI is InChI=1S/C12H15BrN4/c1-3-15-9(2)11-5-4-10(13)6-12(11)17-8-14-7-16-17/h4-9,15H,3H2,1-2H3. The Morgan fingerprint density at radius 1 is 1.47 bits per heavy atom. The van der Waals surface area contributed by atoms with E-state index >= 15 is 0 Å². The number of nitrogens with zero attached hydrogens (tertiary/aromatic N) is 3. The Kier molecular flexibility index (Phi) is 3.91. The Hall–Kier alpha value is -1.20. The quantitative estimate of drug-likeness (QED) is 0.943. The highest BCUT2D eigenvalue weighted by atomic mass is 79.9. The number of nitrogens with one attached hydrogen (secondary N) is 1. The Morgan fingerprint density at radius 2 is 2.29 bits per heavy atom. The molecule has 0 aliphatic carbocycles. The lowest BCUT2D eigenvalue weighted by Crippen LogP contribution is -2.19. The van der Waals surface area contributed by atoms with Crippen LogP contribution in [-0.2, 0) is 0 Å². The number of hydrogen-bond acceptors (Lipinski definition) is 3. The minimum atomic E-state index is 0.285. The molecule has 90 valence electrons. The molecule has 1 atom stereocenters. The van der Waals surface area contributed by atoms with Crippen molar-refractivity contribution in [2.75, 3.05) is 6.54 Å². The van der Waals surface area contributed by atoms with Gasteiger partial charge < -0.3 is 5.32 Å². The molecule has 1 heterocycles. The zero-order valence-electron chi connectivity index (χ0n) is 9.89. The topological polar surface area (TPSA) is 42.7 Å². The van der Waals surface area contributed by atoms with E-state index in [-0.39, 0.29) is 6.04 Å². The molecule has 0 saturated carbocycles. The van der Waals surface area contributed by atoms with Gasteiger partial charge in [-0.15, -0.1) is 0 Å². The van der Waals surface area contributed by atoms with Gasteiger partial charge in [0.15, 0.2) is 0 Å². The summed E-state index contributed by atoms with van der Waals surface area (Å²) in [6.07, 6.45) is 3.26. The van der Waals surface area contributed by atoms with Crippen LogP contribution in [0, 0.1) is 0 Å². The van der Waals surface area contributed by atoms with E-state index in [1.807, 2.05) is 6.07 Å². The molecule has 1 unspecified atom stereocenters. The molecule has 2 aromatic rings. The van der Waals surface area contributed by atoms with Crippen molar-refractivity contribution in [3.63, 3.8) is 0 Å². The molecule has 0 amide bonds. The molecule has 1 aromatic heterocycles. The molecule has 1 N–H and O–H groups in total. The zero-order valence-corrected chi connectivity index (χ0v) is 11.5. The summed E-state index contributed by atoms with van der Waals surface area (Å²) >= 11 is 3.49. The average molecular weight is 295 g/mol. The van der Waals surface area contributed by atoms with E-state index in [0.717, 1.165) is 16.7 Å². The minimum absolute atomic E-state index is 0.285. The summed E-state index contributed by atoms with van der Waals surface area (Å²) in [7, 11) is 0. The largest absolute Gasteiger partial charge is 0.310 e. The molecular formula is C12H15BrN4. The summed E-state index contributed by atoms with van der Waals surface area (Å²) in [6, 6.07) is 6.49. The summed E-state index contributed by atoms with van der Waals surface area (Å²) < 4.78 is 2.82. The number of halogens is 1. The third kappa shape index (κ3) is 2.73. The maximum atomic E-state index is 4.19. The summed E-state index contributed by atoms with van der Waals surface area (Å²) in [5, 5.41) is 7.59. The first-order valence-electron chi connectivity index (χ1n) is 5.60. The summed E-state index contributed by atoms with van der Waals surface area (Å²) in [6.45, 7) is 5.19. The number of aromatic nitrogens is 3. The lowest BCUT2D eigenvalue weighted by molar-refractivity contribution is 0.593. The Bertz CT molecular complexity index is 481. The van der Waals surface area contributed by atoms with Crippen molar-refractivity contribution in [2.45, 2.75) is 19.9 Å². The van der Waals surface area contributed by atoms with Gasteiger partial charge in [0.1, 0.15) is 12.7 Å². The first-order chi connectivity index (χ1) is 8.22. The molecule has 0 aliphatic heterocycles. The van der Waals surface area contributed by atoms with Crippen LogP contribution >= 0.6 is 15.9 Å². The van der Waals surface area contributed by atoms with Crippen molar-refractivity contribution in [1.29, 1.82) is 0 Å². The van der Waals surface area contributed by atoms with Gasteiger partial charge in [0.25, 0.3) is 0 Å². The summed E-state index contributed by atoms with van der Waals surface area (Å²) in [4.78, 5) is 3.99. The van der Waals surface area contributed by atoms with Gasteiger partial charge in [-0.2, -0.15) is 5.10 Å². The normalized spacial score (nSPS) is 12.6. The first-order valence-corrected chi connectivity index (χ1v) is 6.39. The molecule has 2 rings (SSSR count). The molecule has 0 spiro atoms. The molecule has 5 heteroatoms. The molecular weight excluding hydrogens is 280 g/mol. The second-order valence-electron chi connectivity index (χ2n) is 3.82. The number of hydrogen-bond donors (Lipinski definition) is 1. The van der Waals surface area contributed by atoms with Crippen molar-refractivity contribution < 1.29 is 0 Å². The van der Waals surface area contributed by atoms with Gasteiger partial charge in [0.2, 0.25) is 0 Å². The van der Waals surface area contributed by atoms with E-state index in [1.54, 1.807) is 17.3 Å². The Balaban J connectivity index is 2.45. The van der Waals surface area contributed by atoms with Crippen molar-refractivity contribution >= 4 is 15.9 Å². The number of benzene rings is 1. The highest BCUT2D eigenvalue weighted by Crippen LogP contribution is 2.24. The second kappa shape index (κ2) is 5.42. The third-order valence-electron chi connectivity index (χ3n) is 2.63. The highest BCUT2D eigenvalue weighted by Gasteiger charge is 2.11. The molecule has 1 aromatic carbocycles. The van der Waals surface area contributed by atoms with E-state index in [0.29, 0.717) is 0 Å². The SMILES string of the molecule is CCNC(C)c1ccc(Br)cc1-n1cncn1. The second-order valence-corrected chi connectivity index (χ2v) is 4.74. The minimum Gasteiger partial charge on any atom is -0.310 e. The van der Waals surface area contributed by atoms with Crippen LogP contribution in [0.25, 0.3) is 5.69 Å². The van der Waals surface area contributed by atoms with Crippen molar-refractivity contribution in [1.82, 2.24) is 20.1 Å². The zero-order chi connectivity index (χ0) is 12.3. The third-order valence-corrected chi connectivity index (χ3v) is 3.13. The van der Waals surface area contributed by atoms with E-state index in [2.05, 4.69) is 57.3 Å². The predicted octanol–water partition coefficient (Wildman–Crippen LogP) is 2.70. The Labute approximate surface area is 109 Å². The lowest BCUT2D eigenvalue weighted by atomic mass is 10.1. The summed E-state index contributed by atoms with van der Waals surface area (Å²) in [5.41, 5.74) is 2.26. The van der Waals surface area contributed by atoms with Gasteiger partial charge in [-0.05, 0) is 31.2 Å². The molecule has 0 radical (unpaired) electrons. The smallest absolute Gasteiger partial charge is 0.138 e. The van der Waals surface area contributed by atoms with Crippen molar-refractivity contribution in [3.8, 4) is 5.69 Å². The van der Waals surface area contributed by atoms with Gasteiger partial charge in [-0.3, -0.25) is 0 Å².